The Morgan fingerprint density at radius 1 is 1.10 bits per heavy atom. The van der Waals surface area contributed by atoms with E-state index in [1.165, 1.54) is 0 Å². The minimum absolute atomic E-state index is 0.298. The molecule has 2 aliphatic heterocycles. The third kappa shape index (κ3) is 3.38. The Morgan fingerprint density at radius 2 is 1.80 bits per heavy atom. The van der Waals surface area contributed by atoms with Crippen LogP contribution in [-0.4, -0.2) is 78.0 Å². The van der Waals surface area contributed by atoms with Crippen molar-refractivity contribution in [3.05, 3.63) is 35.4 Å². The third-order valence-electron chi connectivity index (χ3n) is 6.10. The molecule has 160 valence electrons. The summed E-state index contributed by atoms with van der Waals surface area (Å²) in [5, 5.41) is 2.87. The molecule has 2 heterocycles. The van der Waals surface area contributed by atoms with Gasteiger partial charge < -0.3 is 19.9 Å². The van der Waals surface area contributed by atoms with Gasteiger partial charge in [-0.15, -0.1) is 0 Å². The lowest BCUT2D eigenvalue weighted by Gasteiger charge is -2.35. The van der Waals surface area contributed by atoms with Gasteiger partial charge in [-0.3, -0.25) is 14.5 Å². The van der Waals surface area contributed by atoms with Crippen LogP contribution in [0.1, 0.15) is 30.9 Å². The van der Waals surface area contributed by atoms with E-state index in [9.17, 15) is 19.2 Å². The maximum Gasteiger partial charge on any atom is 0.409 e. The van der Waals surface area contributed by atoms with Crippen LogP contribution in [0.3, 0.4) is 0 Å². The molecular formula is C21H26N4O5. The van der Waals surface area contributed by atoms with Crippen molar-refractivity contribution in [2.45, 2.75) is 31.7 Å². The number of nitrogens with one attached hydrogen (secondary N) is 1. The van der Waals surface area contributed by atoms with Gasteiger partial charge in [-0.05, 0) is 37.3 Å². The molecule has 0 bridgehead atoms. The predicted molar refractivity (Wildman–Crippen MR) is 106 cm³/mol. The minimum atomic E-state index is -1.07. The van der Waals surface area contributed by atoms with Crippen molar-refractivity contribution in [2.75, 3.05) is 39.3 Å². The van der Waals surface area contributed by atoms with Crippen LogP contribution < -0.4 is 5.32 Å². The van der Waals surface area contributed by atoms with Crippen LogP contribution in [0, 0.1) is 0 Å². The largest absolute Gasteiger partial charge is 0.450 e. The van der Waals surface area contributed by atoms with Gasteiger partial charge in [0.05, 0.1) is 6.61 Å². The SMILES string of the molecule is CCOC(=O)N1CCN(C(=O)CN2C(=O)NC3(CCCc4ccccc43)C2=O)CC1. The molecule has 4 rings (SSSR count). The molecule has 9 heteroatoms. The molecule has 3 aliphatic rings. The lowest BCUT2D eigenvalue weighted by atomic mass is 9.76. The van der Waals surface area contributed by atoms with E-state index in [-0.39, 0.29) is 18.4 Å². The first kappa shape index (κ1) is 20.2. The molecule has 1 unspecified atom stereocenters. The van der Waals surface area contributed by atoms with Crippen LogP contribution in [0.2, 0.25) is 0 Å². The Balaban J connectivity index is 1.43. The van der Waals surface area contributed by atoms with Crippen LogP contribution in [0.4, 0.5) is 9.59 Å². The predicted octanol–water partition coefficient (Wildman–Crippen LogP) is 1.07. The van der Waals surface area contributed by atoms with E-state index in [1.54, 1.807) is 16.7 Å². The van der Waals surface area contributed by atoms with E-state index in [0.29, 0.717) is 39.2 Å². The first-order valence-corrected chi connectivity index (χ1v) is 10.4. The summed E-state index contributed by atoms with van der Waals surface area (Å²) >= 11 is 0. The second-order valence-corrected chi connectivity index (χ2v) is 7.80. The molecule has 0 aromatic heterocycles. The van der Waals surface area contributed by atoms with Gasteiger partial charge in [0.1, 0.15) is 12.1 Å². The lowest BCUT2D eigenvalue weighted by molar-refractivity contribution is -0.140. The minimum Gasteiger partial charge on any atom is -0.450 e. The Bertz CT molecular complexity index is 880. The van der Waals surface area contributed by atoms with Gasteiger partial charge >= 0.3 is 12.1 Å². The molecule has 1 N–H and O–H groups in total. The van der Waals surface area contributed by atoms with Gasteiger partial charge in [0.25, 0.3) is 5.91 Å². The number of rotatable bonds is 3. The zero-order valence-corrected chi connectivity index (χ0v) is 17.1. The normalized spacial score (nSPS) is 23.4. The molecular weight excluding hydrogens is 388 g/mol. The highest BCUT2D eigenvalue weighted by molar-refractivity contribution is 6.09. The smallest absolute Gasteiger partial charge is 0.409 e. The lowest BCUT2D eigenvalue weighted by Crippen LogP contribution is -2.53. The summed E-state index contributed by atoms with van der Waals surface area (Å²) in [6.45, 7) is 3.16. The number of urea groups is 1. The van der Waals surface area contributed by atoms with E-state index in [1.807, 2.05) is 24.3 Å². The van der Waals surface area contributed by atoms with E-state index in [4.69, 9.17) is 4.74 Å². The summed E-state index contributed by atoms with van der Waals surface area (Å²) in [4.78, 5) is 54.7. The monoisotopic (exact) mass is 414 g/mol. The number of hydrogen-bond acceptors (Lipinski definition) is 5. The van der Waals surface area contributed by atoms with Crippen LogP contribution in [0.5, 0.6) is 0 Å². The number of carbonyl (C=O) groups excluding carboxylic acids is 4. The maximum atomic E-state index is 13.3. The standard InChI is InChI=1S/C21H26N4O5/c1-2-30-20(29)24-12-10-23(11-13-24)17(26)14-25-18(27)21(22-19(25)28)9-5-7-15-6-3-4-8-16(15)21/h3-4,6,8H,2,5,7,9-14H2,1H3,(H,22,28). The van der Waals surface area contributed by atoms with Crippen molar-refractivity contribution in [2.24, 2.45) is 0 Å². The van der Waals surface area contributed by atoms with Crippen molar-refractivity contribution < 1.29 is 23.9 Å². The zero-order chi connectivity index (χ0) is 21.3. The summed E-state index contributed by atoms with van der Waals surface area (Å²) in [6.07, 6.45) is 1.79. The molecule has 1 aromatic rings. The number of nitrogens with zero attached hydrogens (tertiary/aromatic N) is 3. The third-order valence-corrected chi connectivity index (χ3v) is 6.10. The Kier molecular flexibility index (Phi) is 5.36. The highest BCUT2D eigenvalue weighted by Crippen LogP contribution is 2.39. The Morgan fingerprint density at radius 3 is 2.53 bits per heavy atom. The summed E-state index contributed by atoms with van der Waals surface area (Å²) < 4.78 is 4.98. The molecule has 2 saturated heterocycles. The van der Waals surface area contributed by atoms with Crippen LogP contribution in [0.25, 0.3) is 0 Å². The van der Waals surface area contributed by atoms with E-state index in [0.717, 1.165) is 28.9 Å². The van der Waals surface area contributed by atoms with Gasteiger partial charge in [-0.2, -0.15) is 0 Å². The molecule has 1 atom stereocenters. The number of benzene rings is 1. The van der Waals surface area contributed by atoms with Gasteiger partial charge in [0.15, 0.2) is 0 Å². The van der Waals surface area contributed by atoms with Crippen LogP contribution in [0.15, 0.2) is 24.3 Å². The fourth-order valence-electron chi connectivity index (χ4n) is 4.54. The quantitative estimate of drug-likeness (QED) is 0.746. The number of ether oxygens (including phenoxy) is 1. The number of hydrogen-bond donors (Lipinski definition) is 1. The molecule has 1 aromatic carbocycles. The molecule has 30 heavy (non-hydrogen) atoms. The number of carbonyl (C=O) groups is 4. The number of imide groups is 1. The van der Waals surface area contributed by atoms with E-state index < -0.39 is 17.7 Å². The van der Waals surface area contributed by atoms with Crippen molar-refractivity contribution >= 4 is 23.9 Å². The topological polar surface area (TPSA) is 99.3 Å². The second kappa shape index (κ2) is 7.97. The van der Waals surface area contributed by atoms with Crippen molar-refractivity contribution in [1.82, 2.24) is 20.0 Å². The fraction of sp³-hybridized carbons (Fsp3) is 0.524. The van der Waals surface area contributed by atoms with Crippen molar-refractivity contribution in [3.8, 4) is 0 Å². The van der Waals surface area contributed by atoms with Gasteiger partial charge in [-0.1, -0.05) is 24.3 Å². The van der Waals surface area contributed by atoms with Crippen molar-refractivity contribution in [1.29, 1.82) is 0 Å². The van der Waals surface area contributed by atoms with Crippen LogP contribution >= 0.6 is 0 Å². The summed E-state index contributed by atoms with van der Waals surface area (Å²) in [5.41, 5.74) is 0.808. The molecule has 5 amide bonds. The number of amides is 5. The van der Waals surface area contributed by atoms with Crippen molar-refractivity contribution in [3.63, 3.8) is 0 Å². The average Bonchev–Trinajstić information content (AvgIpc) is 2.99. The van der Waals surface area contributed by atoms with E-state index >= 15 is 0 Å². The fourth-order valence-corrected chi connectivity index (χ4v) is 4.54. The molecule has 0 radical (unpaired) electrons. The van der Waals surface area contributed by atoms with E-state index in [2.05, 4.69) is 5.32 Å². The summed E-state index contributed by atoms with van der Waals surface area (Å²) in [5.74, 6) is -0.665. The summed E-state index contributed by atoms with van der Waals surface area (Å²) in [6, 6.07) is 7.12. The summed E-state index contributed by atoms with van der Waals surface area (Å²) in [7, 11) is 0. The second-order valence-electron chi connectivity index (χ2n) is 7.80. The zero-order valence-electron chi connectivity index (χ0n) is 17.1. The Labute approximate surface area is 174 Å². The maximum absolute atomic E-state index is 13.3. The number of piperazine rings is 1. The Hall–Kier alpha value is -3.10. The van der Waals surface area contributed by atoms with Crippen LogP contribution in [-0.2, 0) is 26.3 Å². The average molecular weight is 414 g/mol. The molecule has 2 fully saturated rings. The molecule has 9 nitrogen and oxygen atoms in total. The number of fused-ring (bicyclic) bond motifs is 2. The molecule has 1 aliphatic carbocycles. The molecule has 1 spiro atoms. The first-order chi connectivity index (χ1) is 14.5. The molecule has 0 saturated carbocycles. The number of aryl methyl sites for hydroxylation is 1. The van der Waals surface area contributed by atoms with Gasteiger partial charge in [0, 0.05) is 26.2 Å². The van der Waals surface area contributed by atoms with Gasteiger partial charge in [0.2, 0.25) is 5.91 Å². The highest BCUT2D eigenvalue weighted by Gasteiger charge is 2.54. The first-order valence-electron chi connectivity index (χ1n) is 10.4. The van der Waals surface area contributed by atoms with Gasteiger partial charge in [-0.25, -0.2) is 9.59 Å². The highest BCUT2D eigenvalue weighted by atomic mass is 16.6.